The van der Waals surface area contributed by atoms with Crippen LogP contribution in [0.2, 0.25) is 0 Å². The maximum atomic E-state index is 5.87. The summed E-state index contributed by atoms with van der Waals surface area (Å²) in [6.45, 7) is 13.8. The van der Waals surface area contributed by atoms with E-state index in [1.165, 1.54) is 10.4 Å². The Morgan fingerprint density at radius 2 is 1.07 bits per heavy atom. The van der Waals surface area contributed by atoms with E-state index in [-0.39, 0.29) is 31.9 Å². The summed E-state index contributed by atoms with van der Waals surface area (Å²) in [6.07, 6.45) is 3.57. The molecule has 6 aromatic carbocycles. The van der Waals surface area contributed by atoms with Crippen molar-refractivity contribution in [3.63, 3.8) is 0 Å². The molecule has 7 heteroatoms. The van der Waals surface area contributed by atoms with Gasteiger partial charge in [0.25, 0.3) is 0 Å². The third-order valence-electron chi connectivity index (χ3n) is 13.6. The first-order valence-corrected chi connectivity index (χ1v) is 24.7. The molecule has 1 aliphatic carbocycles. The fourth-order valence-corrected chi connectivity index (χ4v) is 12.1. The number of benzene rings is 6. The number of hydrogen-bond donors (Lipinski definition) is 0. The van der Waals surface area contributed by atoms with Crippen molar-refractivity contribution in [3.05, 3.63) is 233 Å². The van der Waals surface area contributed by atoms with Crippen LogP contribution in [-0.2, 0) is 37.3 Å². The summed E-state index contributed by atoms with van der Waals surface area (Å²) in [4.78, 5) is 28.1. The molecular formula is C64H49N5PtS. The monoisotopic (exact) mass is 1110 g/mol. The fraction of sp³-hybridized carbons (Fsp3) is 0.141. The molecule has 0 saturated carbocycles. The van der Waals surface area contributed by atoms with Gasteiger partial charge in [0.1, 0.15) is 5.41 Å². The summed E-state index contributed by atoms with van der Waals surface area (Å²) in [5.41, 5.74) is 17.3. The Labute approximate surface area is 434 Å². The van der Waals surface area contributed by atoms with Gasteiger partial charge >= 0.3 is 21.1 Å². The Morgan fingerprint density at radius 3 is 1.69 bits per heavy atom. The van der Waals surface area contributed by atoms with Gasteiger partial charge in [-0.05, 0) is 90.1 Å². The van der Waals surface area contributed by atoms with Gasteiger partial charge in [0.15, 0.2) is 0 Å². The van der Waals surface area contributed by atoms with Gasteiger partial charge in [-0.3, -0.25) is 15.0 Å². The van der Waals surface area contributed by atoms with E-state index in [4.69, 9.17) is 24.9 Å². The second kappa shape index (κ2) is 17.9. The van der Waals surface area contributed by atoms with Crippen LogP contribution in [0.25, 0.3) is 88.4 Å². The van der Waals surface area contributed by atoms with E-state index in [1.54, 1.807) is 12.4 Å². The van der Waals surface area contributed by atoms with Crippen LogP contribution in [0.1, 0.15) is 74.5 Å². The number of pyridine rings is 3. The second-order valence-electron chi connectivity index (χ2n) is 20.3. The molecule has 346 valence electrons. The van der Waals surface area contributed by atoms with Gasteiger partial charge in [-0.25, -0.2) is 4.98 Å². The number of fused-ring (bicyclic) bond motifs is 6. The van der Waals surface area contributed by atoms with Crippen molar-refractivity contribution < 1.29 is 21.1 Å². The number of aromatic nitrogens is 5. The van der Waals surface area contributed by atoms with Gasteiger partial charge in [0.05, 0.1) is 22.8 Å². The predicted octanol–water partition coefficient (Wildman–Crippen LogP) is 15.9. The van der Waals surface area contributed by atoms with Crippen LogP contribution in [0.4, 0.5) is 0 Å². The molecule has 1 aliphatic rings. The van der Waals surface area contributed by atoms with Crippen LogP contribution >= 0.6 is 11.3 Å². The van der Waals surface area contributed by atoms with Crippen LogP contribution in [-0.4, -0.2) is 24.9 Å². The largest absolute Gasteiger partial charge is 2.00 e. The first-order valence-electron chi connectivity index (χ1n) is 23.9. The molecular weight excluding hydrogens is 1070 g/mol. The Kier molecular flexibility index (Phi) is 11.6. The first-order chi connectivity index (χ1) is 34.0. The van der Waals surface area contributed by atoms with Gasteiger partial charge in [-0.2, -0.15) is 11.3 Å². The molecule has 0 atom stereocenters. The molecule has 0 unspecified atom stereocenters. The molecule has 0 spiro atoms. The Hall–Kier alpha value is -7.24. The van der Waals surface area contributed by atoms with Crippen molar-refractivity contribution in [2.45, 2.75) is 57.8 Å². The van der Waals surface area contributed by atoms with Crippen LogP contribution in [0.3, 0.4) is 0 Å². The minimum atomic E-state index is -0.946. The van der Waals surface area contributed by atoms with E-state index >= 15 is 0 Å². The second-order valence-corrected chi connectivity index (χ2v) is 21.3. The Morgan fingerprint density at radius 1 is 0.493 bits per heavy atom. The molecule has 5 heterocycles. The zero-order chi connectivity index (χ0) is 47.8. The van der Waals surface area contributed by atoms with E-state index in [0.29, 0.717) is 0 Å². The third-order valence-corrected chi connectivity index (χ3v) is 15.2. The first kappa shape index (κ1) is 46.2. The number of hydrogen-bond acceptors (Lipinski definition) is 6. The predicted molar refractivity (Wildman–Crippen MR) is 288 cm³/mol. The average Bonchev–Trinajstić information content (AvgIpc) is 3.97. The van der Waals surface area contributed by atoms with Crippen LogP contribution in [0.15, 0.2) is 188 Å². The van der Waals surface area contributed by atoms with E-state index in [0.717, 1.165) is 111 Å². The van der Waals surface area contributed by atoms with Crippen LogP contribution < -0.4 is 0 Å². The molecule has 0 aliphatic heterocycles. The zero-order valence-corrected chi connectivity index (χ0v) is 43.4. The number of rotatable bonds is 7. The molecule has 12 rings (SSSR count). The molecule has 11 aromatic rings. The van der Waals surface area contributed by atoms with Gasteiger partial charge < -0.3 is 4.98 Å². The maximum absolute atomic E-state index is 5.87. The van der Waals surface area contributed by atoms with Crippen molar-refractivity contribution in [1.29, 1.82) is 0 Å². The maximum Gasteiger partial charge on any atom is 2.00 e. The Bertz CT molecular complexity index is 3690. The van der Waals surface area contributed by atoms with E-state index < -0.39 is 5.41 Å². The summed E-state index contributed by atoms with van der Waals surface area (Å²) >= 11 is 1.84. The van der Waals surface area contributed by atoms with Gasteiger partial charge in [0.2, 0.25) is 0 Å². The van der Waals surface area contributed by atoms with E-state index in [1.807, 2.05) is 35.6 Å². The summed E-state index contributed by atoms with van der Waals surface area (Å²) in [5.74, 6) is 0. The fourth-order valence-electron chi connectivity index (χ4n) is 10.5. The summed E-state index contributed by atoms with van der Waals surface area (Å²) in [6, 6.07) is 69.3. The smallest absolute Gasteiger partial charge is 0.301 e. The topological polar surface area (TPSA) is 64.5 Å². The van der Waals surface area contributed by atoms with Gasteiger partial charge in [-0.15, -0.1) is 47.5 Å². The third kappa shape index (κ3) is 7.85. The summed E-state index contributed by atoms with van der Waals surface area (Å²) in [5, 5.41) is 1.14. The van der Waals surface area contributed by atoms with Crippen molar-refractivity contribution in [3.8, 4) is 67.3 Å². The molecule has 0 fully saturated rings. The summed E-state index contributed by atoms with van der Waals surface area (Å²) < 4.78 is 1.12. The minimum absolute atomic E-state index is 0. The number of nitrogens with zero attached hydrogens (tertiary/aromatic N) is 5. The van der Waals surface area contributed by atoms with Crippen molar-refractivity contribution in [1.82, 2.24) is 24.9 Å². The SMILES string of the molecule is CC(C)(C)c1sc2c(-c3cccc(C4(c5cc(-c6cc(-c7ccccc7)nc(-c7ccccc7)c6)cc(-c6[c-]cccc6)n5)c5ccccc5-c5ccccc54)n3)[c-]c3nccnc3c2c1C(C)(C)C.[Pt+2]. The standard InChI is InChI=1S/C64H49N5S.Pt/c1-62(2,3)58-57-59-54(65-33-34-66-59)39-47(60(57)70-61(58)63(4,5)6)50-31-20-32-55(68-50)64(48-29-18-16-27-45(48)46-28-17-19-30-49(46)64)56-38-44(37-53(69-56)42-25-14-9-15-26-42)43-35-51(40-21-10-7-11-22-40)67-52(36-43)41-23-12-8-13-24-41;/h7-25,27-38H,1-6H3;/q-2;+2. The normalized spacial score (nSPS) is 12.9. The zero-order valence-electron chi connectivity index (χ0n) is 40.4. The molecule has 0 amide bonds. The molecule has 0 saturated heterocycles. The molecule has 0 N–H and O–H groups in total. The molecule has 71 heavy (non-hydrogen) atoms. The van der Waals surface area contributed by atoms with Gasteiger partial charge in [-0.1, -0.05) is 174 Å². The summed E-state index contributed by atoms with van der Waals surface area (Å²) in [7, 11) is 0. The van der Waals surface area contributed by atoms with E-state index in [9.17, 15) is 0 Å². The van der Waals surface area contributed by atoms with Crippen LogP contribution in [0, 0.1) is 12.1 Å². The van der Waals surface area contributed by atoms with E-state index in [2.05, 4.69) is 205 Å². The van der Waals surface area contributed by atoms with Crippen LogP contribution in [0.5, 0.6) is 0 Å². The Balaban J connectivity index is 0.00000547. The molecule has 0 bridgehead atoms. The average molecular weight is 1120 g/mol. The van der Waals surface area contributed by atoms with Crippen molar-refractivity contribution in [2.24, 2.45) is 0 Å². The van der Waals surface area contributed by atoms with Crippen molar-refractivity contribution in [2.75, 3.05) is 0 Å². The van der Waals surface area contributed by atoms with Gasteiger partial charge in [0, 0.05) is 39.4 Å². The minimum Gasteiger partial charge on any atom is -0.301 e. The molecule has 0 radical (unpaired) electrons. The van der Waals surface area contributed by atoms with Crippen molar-refractivity contribution >= 4 is 32.5 Å². The molecule has 5 aromatic heterocycles. The quantitative estimate of drug-likeness (QED) is 0.149. The number of thiophene rings is 1. The molecule has 5 nitrogen and oxygen atoms in total.